The number of fused-ring (bicyclic) bond motifs is 1. The molecule has 0 atom stereocenters. The van der Waals surface area contributed by atoms with Crippen molar-refractivity contribution in [1.29, 1.82) is 0 Å². The van der Waals surface area contributed by atoms with E-state index in [-0.39, 0.29) is 23.4 Å². The number of Topliss-reactive ketones (excluding diaryl/α,β-unsaturated/α-hetero) is 1. The molecule has 0 N–H and O–H groups in total. The van der Waals surface area contributed by atoms with E-state index in [1.165, 1.54) is 25.0 Å². The summed E-state index contributed by atoms with van der Waals surface area (Å²) in [6, 6.07) is 20.8. The van der Waals surface area contributed by atoms with Crippen LogP contribution < -0.4 is 15.0 Å². The summed E-state index contributed by atoms with van der Waals surface area (Å²) in [5, 5.41) is 4.97. The van der Waals surface area contributed by atoms with E-state index in [4.69, 9.17) is 14.2 Å². The molecular formula is C26H22N2O6. The summed E-state index contributed by atoms with van der Waals surface area (Å²) in [7, 11) is 2.92. The second-order valence-corrected chi connectivity index (χ2v) is 7.41. The summed E-state index contributed by atoms with van der Waals surface area (Å²) < 4.78 is 16.9. The molecule has 8 nitrogen and oxygen atoms in total. The molecule has 0 spiro atoms. The minimum Gasteiger partial charge on any atom is -0.497 e. The lowest BCUT2D eigenvalue weighted by Gasteiger charge is -2.12. The number of nitrogens with zero attached hydrogens (tertiary/aromatic N) is 2. The van der Waals surface area contributed by atoms with Crippen LogP contribution in [0.1, 0.15) is 26.4 Å². The van der Waals surface area contributed by atoms with Crippen LogP contribution in [0.4, 0.5) is 0 Å². The number of carbonyl (C=O) groups excluding carboxylic acids is 2. The first-order valence-corrected chi connectivity index (χ1v) is 10.5. The van der Waals surface area contributed by atoms with Gasteiger partial charge in [0.2, 0.25) is 5.78 Å². The van der Waals surface area contributed by atoms with Crippen LogP contribution in [0.3, 0.4) is 0 Å². The largest absolute Gasteiger partial charge is 0.497 e. The lowest BCUT2D eigenvalue weighted by atomic mass is 10.1. The summed E-state index contributed by atoms with van der Waals surface area (Å²) in [4.78, 5) is 38.7. The Morgan fingerprint density at radius 2 is 1.59 bits per heavy atom. The van der Waals surface area contributed by atoms with Crippen LogP contribution in [-0.2, 0) is 11.3 Å². The number of rotatable bonds is 8. The molecule has 0 aliphatic carbocycles. The minimum atomic E-state index is -0.812. The number of methoxy groups -OCH3 is 2. The van der Waals surface area contributed by atoms with Crippen molar-refractivity contribution in [3.8, 4) is 11.5 Å². The predicted molar refractivity (Wildman–Crippen MR) is 126 cm³/mol. The predicted octanol–water partition coefficient (Wildman–Crippen LogP) is 3.50. The van der Waals surface area contributed by atoms with Gasteiger partial charge in [0, 0.05) is 5.39 Å². The zero-order chi connectivity index (χ0) is 24.1. The van der Waals surface area contributed by atoms with Crippen LogP contribution in [0.2, 0.25) is 0 Å². The monoisotopic (exact) mass is 458 g/mol. The number of ketones is 1. The van der Waals surface area contributed by atoms with Gasteiger partial charge in [0.25, 0.3) is 5.56 Å². The van der Waals surface area contributed by atoms with E-state index in [0.717, 1.165) is 5.56 Å². The SMILES string of the molecule is COc1ccc(OC)c(C(=O)COC(=O)c2nn(Cc3ccccc3)c(=O)c3ccccc23)c1. The number of hydrogen-bond acceptors (Lipinski definition) is 7. The van der Waals surface area contributed by atoms with E-state index in [0.29, 0.717) is 22.3 Å². The molecule has 4 rings (SSSR count). The van der Waals surface area contributed by atoms with E-state index in [9.17, 15) is 14.4 Å². The van der Waals surface area contributed by atoms with Gasteiger partial charge in [-0.3, -0.25) is 9.59 Å². The summed E-state index contributed by atoms with van der Waals surface area (Å²) in [5.74, 6) is -0.475. The smallest absolute Gasteiger partial charge is 0.359 e. The maximum absolute atomic E-state index is 13.0. The number of benzene rings is 3. The maximum atomic E-state index is 13.0. The van der Waals surface area contributed by atoms with Crippen molar-refractivity contribution >= 4 is 22.5 Å². The summed E-state index contributed by atoms with van der Waals surface area (Å²) in [6.45, 7) is -0.346. The lowest BCUT2D eigenvalue weighted by molar-refractivity contribution is 0.0468. The first-order valence-electron chi connectivity index (χ1n) is 10.5. The zero-order valence-corrected chi connectivity index (χ0v) is 18.7. The molecule has 4 aromatic rings. The fourth-order valence-corrected chi connectivity index (χ4v) is 3.56. The second kappa shape index (κ2) is 9.99. The topological polar surface area (TPSA) is 96.7 Å². The molecular weight excluding hydrogens is 436 g/mol. The van der Waals surface area contributed by atoms with Crippen molar-refractivity contribution in [3.63, 3.8) is 0 Å². The van der Waals surface area contributed by atoms with Crippen LogP contribution in [0, 0.1) is 0 Å². The highest BCUT2D eigenvalue weighted by molar-refractivity contribution is 6.05. The quantitative estimate of drug-likeness (QED) is 0.294. The van der Waals surface area contributed by atoms with Crippen LogP contribution in [-0.4, -0.2) is 42.4 Å². The van der Waals surface area contributed by atoms with Crippen LogP contribution >= 0.6 is 0 Å². The van der Waals surface area contributed by atoms with Crippen LogP contribution in [0.25, 0.3) is 10.8 Å². The Balaban J connectivity index is 1.63. The van der Waals surface area contributed by atoms with Gasteiger partial charge in [0.05, 0.1) is 31.7 Å². The molecule has 0 fully saturated rings. The maximum Gasteiger partial charge on any atom is 0.359 e. The fraction of sp³-hybridized carbons (Fsp3) is 0.154. The Bertz CT molecular complexity index is 1410. The molecule has 172 valence electrons. The first kappa shape index (κ1) is 22.7. The van der Waals surface area contributed by atoms with Gasteiger partial charge in [-0.15, -0.1) is 0 Å². The number of aromatic nitrogens is 2. The van der Waals surface area contributed by atoms with E-state index in [2.05, 4.69) is 5.10 Å². The van der Waals surface area contributed by atoms with E-state index in [1.54, 1.807) is 36.4 Å². The summed E-state index contributed by atoms with van der Waals surface area (Å²) in [5.41, 5.74) is 0.707. The molecule has 0 aliphatic rings. The number of hydrogen-bond donors (Lipinski definition) is 0. The average Bonchev–Trinajstić information content (AvgIpc) is 2.88. The second-order valence-electron chi connectivity index (χ2n) is 7.41. The number of ether oxygens (including phenoxy) is 3. The Hall–Kier alpha value is -4.46. The molecule has 0 radical (unpaired) electrons. The highest BCUT2D eigenvalue weighted by Gasteiger charge is 2.21. The molecule has 34 heavy (non-hydrogen) atoms. The molecule has 8 heteroatoms. The fourth-order valence-electron chi connectivity index (χ4n) is 3.56. The molecule has 1 aromatic heterocycles. The van der Waals surface area contributed by atoms with E-state index in [1.807, 2.05) is 30.3 Å². The normalized spacial score (nSPS) is 10.6. The summed E-state index contributed by atoms with van der Waals surface area (Å²) >= 11 is 0. The van der Waals surface area contributed by atoms with Gasteiger partial charge in [0.1, 0.15) is 11.5 Å². The Labute approximate surface area is 195 Å². The van der Waals surface area contributed by atoms with Crippen molar-refractivity contribution < 1.29 is 23.8 Å². The Morgan fingerprint density at radius 1 is 0.882 bits per heavy atom. The molecule has 0 saturated heterocycles. The third-order valence-corrected chi connectivity index (χ3v) is 5.28. The van der Waals surface area contributed by atoms with Gasteiger partial charge < -0.3 is 14.2 Å². The Morgan fingerprint density at radius 3 is 2.29 bits per heavy atom. The first-order chi connectivity index (χ1) is 16.5. The van der Waals surface area contributed by atoms with Crippen molar-refractivity contribution in [2.45, 2.75) is 6.54 Å². The molecule has 0 saturated carbocycles. The molecule has 3 aromatic carbocycles. The molecule has 0 amide bonds. The molecule has 0 aliphatic heterocycles. The number of esters is 1. The van der Waals surface area contributed by atoms with Gasteiger partial charge in [0.15, 0.2) is 12.3 Å². The van der Waals surface area contributed by atoms with Gasteiger partial charge >= 0.3 is 5.97 Å². The minimum absolute atomic E-state index is 0.0449. The van der Waals surface area contributed by atoms with E-state index >= 15 is 0 Å². The van der Waals surface area contributed by atoms with Crippen LogP contribution in [0.5, 0.6) is 11.5 Å². The van der Waals surface area contributed by atoms with E-state index < -0.39 is 18.4 Å². The third kappa shape index (κ3) is 4.66. The van der Waals surface area contributed by atoms with Gasteiger partial charge in [-0.1, -0.05) is 48.5 Å². The van der Waals surface area contributed by atoms with Crippen molar-refractivity contribution in [1.82, 2.24) is 9.78 Å². The van der Waals surface area contributed by atoms with Crippen molar-refractivity contribution in [2.24, 2.45) is 0 Å². The lowest BCUT2D eigenvalue weighted by Crippen LogP contribution is -2.27. The highest BCUT2D eigenvalue weighted by Crippen LogP contribution is 2.24. The average molecular weight is 458 g/mol. The Kier molecular flexibility index (Phi) is 6.68. The standard InChI is InChI=1S/C26H22N2O6/c1-32-18-12-13-23(33-2)21(14-18)22(29)16-34-26(31)24-19-10-6-7-11-20(19)25(30)28(27-24)15-17-8-4-3-5-9-17/h3-14H,15-16H2,1-2H3. The van der Waals surface area contributed by atoms with Crippen molar-refractivity contribution in [2.75, 3.05) is 20.8 Å². The summed E-state index contributed by atoms with van der Waals surface area (Å²) in [6.07, 6.45) is 0. The van der Waals surface area contributed by atoms with Crippen LogP contribution in [0.15, 0.2) is 77.6 Å². The van der Waals surface area contributed by atoms with Gasteiger partial charge in [-0.25, -0.2) is 9.48 Å². The molecule has 0 unspecified atom stereocenters. The zero-order valence-electron chi connectivity index (χ0n) is 18.7. The van der Waals surface area contributed by atoms with Crippen molar-refractivity contribution in [3.05, 3.63) is 100.0 Å². The van der Waals surface area contributed by atoms with Gasteiger partial charge in [-0.2, -0.15) is 5.10 Å². The third-order valence-electron chi connectivity index (χ3n) is 5.28. The van der Waals surface area contributed by atoms with Gasteiger partial charge in [-0.05, 0) is 29.8 Å². The highest BCUT2D eigenvalue weighted by atomic mass is 16.5. The molecule has 0 bridgehead atoms. The molecule has 1 heterocycles. The number of carbonyl (C=O) groups is 2.